The Morgan fingerprint density at radius 1 is 1.05 bits per heavy atom. The van der Waals surface area contributed by atoms with Crippen molar-refractivity contribution >= 4 is 61.7 Å². The number of benzene rings is 3. The summed E-state index contributed by atoms with van der Waals surface area (Å²) in [6.45, 7) is 2.34. The van der Waals surface area contributed by atoms with Crippen LogP contribution in [0.2, 0.25) is 5.02 Å². The fraction of sp³-hybridized carbons (Fsp3) is 0.143. The number of aliphatic hydroxyl groups excluding tert-OH is 1. The number of nitrogens with zero attached hydrogens (tertiary/aromatic N) is 2. The molecule has 10 heteroatoms. The summed E-state index contributed by atoms with van der Waals surface area (Å²) in [5.74, 6) is -1.93. The number of ketones is 1. The summed E-state index contributed by atoms with van der Waals surface area (Å²) in [5.41, 5.74) is 1.67. The lowest BCUT2D eigenvalue weighted by Crippen LogP contribution is -2.29. The van der Waals surface area contributed by atoms with Crippen molar-refractivity contribution in [2.75, 3.05) is 18.6 Å². The molecule has 1 aliphatic heterocycles. The minimum absolute atomic E-state index is 0.0951. The number of aromatic nitrogens is 1. The van der Waals surface area contributed by atoms with Crippen LogP contribution in [0.4, 0.5) is 5.13 Å². The number of hydrogen-bond donors (Lipinski definition) is 1. The second-order valence-electron chi connectivity index (χ2n) is 8.35. The molecule has 2 heterocycles. The van der Waals surface area contributed by atoms with E-state index in [1.54, 1.807) is 54.6 Å². The van der Waals surface area contributed by atoms with Gasteiger partial charge in [0.25, 0.3) is 5.78 Å². The third kappa shape index (κ3) is 4.51. The topological polar surface area (TPSA) is 106 Å². The van der Waals surface area contributed by atoms with Crippen LogP contribution in [0.15, 0.2) is 72.3 Å². The average Bonchev–Trinajstić information content (AvgIpc) is 3.46. The lowest BCUT2D eigenvalue weighted by Gasteiger charge is -2.23. The maximum Gasteiger partial charge on any atom is 0.337 e. The van der Waals surface area contributed by atoms with Crippen molar-refractivity contribution in [3.05, 3.63) is 94.0 Å². The van der Waals surface area contributed by atoms with Crippen LogP contribution in [0.3, 0.4) is 0 Å². The van der Waals surface area contributed by atoms with Gasteiger partial charge in [-0.25, -0.2) is 9.78 Å². The van der Waals surface area contributed by atoms with Gasteiger partial charge in [-0.2, -0.15) is 0 Å². The van der Waals surface area contributed by atoms with Gasteiger partial charge >= 0.3 is 11.9 Å². The van der Waals surface area contributed by atoms with Crippen LogP contribution in [-0.4, -0.2) is 41.5 Å². The molecule has 0 spiro atoms. The van der Waals surface area contributed by atoms with E-state index in [0.29, 0.717) is 39.6 Å². The number of fused-ring (bicyclic) bond motifs is 1. The monoisotopic (exact) mass is 548 g/mol. The number of Topliss-reactive ketones (excluding diaryl/α,β-unsaturated/α-hetero) is 1. The Hall–Kier alpha value is -4.21. The molecule has 0 aliphatic carbocycles. The number of anilines is 1. The number of carbonyl (C=O) groups excluding carboxylic acids is 3. The van der Waals surface area contributed by atoms with E-state index in [-0.39, 0.29) is 16.5 Å². The van der Waals surface area contributed by atoms with E-state index in [1.165, 1.54) is 35.5 Å². The van der Waals surface area contributed by atoms with E-state index >= 15 is 0 Å². The van der Waals surface area contributed by atoms with Crippen LogP contribution in [-0.2, 0) is 14.3 Å². The summed E-state index contributed by atoms with van der Waals surface area (Å²) in [7, 11) is 1.28. The van der Waals surface area contributed by atoms with Gasteiger partial charge in [-0.05, 0) is 67.1 Å². The highest BCUT2D eigenvalue weighted by Crippen LogP contribution is 2.44. The highest BCUT2D eigenvalue weighted by Gasteiger charge is 2.48. The van der Waals surface area contributed by atoms with Gasteiger partial charge in [0.2, 0.25) is 0 Å². The lowest BCUT2D eigenvalue weighted by atomic mass is 9.94. The lowest BCUT2D eigenvalue weighted by molar-refractivity contribution is -0.132. The molecule has 0 saturated carbocycles. The average molecular weight is 549 g/mol. The Morgan fingerprint density at radius 2 is 1.74 bits per heavy atom. The van der Waals surface area contributed by atoms with E-state index in [4.69, 9.17) is 21.1 Å². The van der Waals surface area contributed by atoms with E-state index in [1.807, 2.05) is 6.92 Å². The first-order chi connectivity index (χ1) is 18.3. The van der Waals surface area contributed by atoms with Crippen LogP contribution in [0, 0.1) is 0 Å². The smallest absolute Gasteiger partial charge is 0.337 e. The van der Waals surface area contributed by atoms with Gasteiger partial charge in [0.15, 0.2) is 5.13 Å². The van der Waals surface area contributed by atoms with Crippen molar-refractivity contribution in [1.29, 1.82) is 0 Å². The summed E-state index contributed by atoms with van der Waals surface area (Å²) >= 11 is 7.34. The Labute approximate surface area is 226 Å². The zero-order valence-corrected chi connectivity index (χ0v) is 21.9. The third-order valence-corrected chi connectivity index (χ3v) is 7.33. The van der Waals surface area contributed by atoms with Gasteiger partial charge in [0, 0.05) is 10.6 Å². The molecule has 38 heavy (non-hydrogen) atoms. The number of esters is 1. The molecule has 1 aliphatic rings. The molecule has 1 amide bonds. The standard InChI is InChI=1S/C28H21ClN2O6S/c1-3-37-19-11-8-16(9-12-19)24(32)22-23(15-4-6-17(7-5-15)27(35)36-2)31(26(34)25(22)33)28-30-20-13-10-18(29)14-21(20)38-28/h4-14,23,32H,3H2,1-2H3. The van der Waals surface area contributed by atoms with Crippen LogP contribution in [0.25, 0.3) is 16.0 Å². The van der Waals surface area contributed by atoms with Gasteiger partial charge in [-0.3, -0.25) is 14.5 Å². The SMILES string of the molecule is CCOc1ccc(C(O)=C2C(=O)C(=O)N(c3nc4ccc(Cl)cc4s3)C2c2ccc(C(=O)OC)cc2)cc1. The van der Waals surface area contributed by atoms with Crippen molar-refractivity contribution in [2.24, 2.45) is 0 Å². The van der Waals surface area contributed by atoms with Crippen LogP contribution in [0.1, 0.15) is 34.5 Å². The van der Waals surface area contributed by atoms with Gasteiger partial charge < -0.3 is 14.6 Å². The fourth-order valence-corrected chi connectivity index (χ4v) is 5.55. The first-order valence-corrected chi connectivity index (χ1v) is 12.8. The predicted molar refractivity (Wildman–Crippen MR) is 145 cm³/mol. The van der Waals surface area contributed by atoms with Gasteiger partial charge in [-0.15, -0.1) is 0 Å². The molecule has 8 nitrogen and oxygen atoms in total. The maximum atomic E-state index is 13.4. The summed E-state index contributed by atoms with van der Waals surface area (Å²) < 4.78 is 11.0. The molecule has 1 fully saturated rings. The molecule has 1 atom stereocenters. The zero-order chi connectivity index (χ0) is 27.0. The van der Waals surface area contributed by atoms with Crippen molar-refractivity contribution in [2.45, 2.75) is 13.0 Å². The largest absolute Gasteiger partial charge is 0.507 e. The first-order valence-electron chi connectivity index (χ1n) is 11.6. The summed E-state index contributed by atoms with van der Waals surface area (Å²) in [6, 6.07) is 17.0. The van der Waals surface area contributed by atoms with Crippen molar-refractivity contribution in [3.63, 3.8) is 0 Å². The number of rotatable bonds is 6. The number of thiazole rings is 1. The number of aliphatic hydroxyl groups is 1. The molecule has 5 rings (SSSR count). The van der Waals surface area contributed by atoms with Crippen molar-refractivity contribution in [1.82, 2.24) is 4.98 Å². The van der Waals surface area contributed by atoms with Gasteiger partial charge in [0.05, 0.1) is 41.1 Å². The second-order valence-corrected chi connectivity index (χ2v) is 9.79. The summed E-state index contributed by atoms with van der Waals surface area (Å²) in [5, 5.41) is 12.1. The molecular formula is C28H21ClN2O6S. The number of hydrogen-bond acceptors (Lipinski definition) is 8. The van der Waals surface area contributed by atoms with Gasteiger partial charge in [0.1, 0.15) is 11.5 Å². The minimum atomic E-state index is -0.996. The number of carbonyl (C=O) groups is 3. The molecular weight excluding hydrogens is 528 g/mol. The molecule has 192 valence electrons. The maximum absolute atomic E-state index is 13.4. The molecule has 3 aromatic carbocycles. The van der Waals surface area contributed by atoms with Crippen molar-refractivity contribution < 1.29 is 29.0 Å². The minimum Gasteiger partial charge on any atom is -0.507 e. The molecule has 0 radical (unpaired) electrons. The second kappa shape index (κ2) is 10.3. The Bertz CT molecular complexity index is 1590. The number of methoxy groups -OCH3 is 1. The third-order valence-electron chi connectivity index (χ3n) is 6.08. The normalized spacial score (nSPS) is 16.7. The number of amides is 1. The quantitative estimate of drug-likeness (QED) is 0.141. The number of halogens is 1. The first kappa shape index (κ1) is 25.4. The Morgan fingerprint density at radius 3 is 2.39 bits per heavy atom. The number of ether oxygens (including phenoxy) is 2. The summed E-state index contributed by atoms with van der Waals surface area (Å²) in [6.07, 6.45) is 0. The molecule has 4 aromatic rings. The molecule has 1 saturated heterocycles. The molecule has 0 bridgehead atoms. The molecule has 1 aromatic heterocycles. The summed E-state index contributed by atoms with van der Waals surface area (Å²) in [4.78, 5) is 44.6. The Balaban J connectivity index is 1.67. The zero-order valence-electron chi connectivity index (χ0n) is 20.3. The van der Waals surface area contributed by atoms with Gasteiger partial charge in [-0.1, -0.05) is 35.1 Å². The fourth-order valence-electron chi connectivity index (χ4n) is 4.29. The van der Waals surface area contributed by atoms with E-state index in [9.17, 15) is 19.5 Å². The van der Waals surface area contributed by atoms with E-state index in [2.05, 4.69) is 4.98 Å². The molecule has 1 N–H and O–H groups in total. The van der Waals surface area contributed by atoms with E-state index in [0.717, 1.165) is 4.70 Å². The van der Waals surface area contributed by atoms with E-state index < -0.39 is 23.7 Å². The van der Waals surface area contributed by atoms with Crippen LogP contribution < -0.4 is 9.64 Å². The predicted octanol–water partition coefficient (Wildman–Crippen LogP) is 5.76. The van der Waals surface area contributed by atoms with Crippen LogP contribution in [0.5, 0.6) is 5.75 Å². The highest BCUT2D eigenvalue weighted by atomic mass is 35.5. The van der Waals surface area contributed by atoms with Crippen LogP contribution >= 0.6 is 22.9 Å². The molecule has 1 unspecified atom stereocenters. The van der Waals surface area contributed by atoms with Crippen molar-refractivity contribution in [3.8, 4) is 5.75 Å². The Kier molecular flexibility index (Phi) is 6.88. The highest BCUT2D eigenvalue weighted by molar-refractivity contribution is 7.22.